The van der Waals surface area contributed by atoms with Gasteiger partial charge in [0, 0.05) is 13.1 Å². The van der Waals surface area contributed by atoms with Gasteiger partial charge >= 0.3 is 0 Å². The minimum Gasteiger partial charge on any atom is -0.394 e. The third kappa shape index (κ3) is 2.43. The number of aliphatic hydroxyl groups is 1. The van der Waals surface area contributed by atoms with E-state index in [2.05, 4.69) is 24.0 Å². The van der Waals surface area contributed by atoms with Crippen LogP contribution in [-0.4, -0.2) is 35.8 Å². The maximum absolute atomic E-state index is 9.17. The summed E-state index contributed by atoms with van der Waals surface area (Å²) in [6, 6.07) is 10.2. The first-order valence-corrected chi connectivity index (χ1v) is 5.90. The van der Waals surface area contributed by atoms with Gasteiger partial charge < -0.3 is 9.84 Å². The predicted octanol–water partition coefficient (Wildman–Crippen LogP) is 1.79. The van der Waals surface area contributed by atoms with Crippen LogP contribution in [0.5, 0.6) is 0 Å². The fraction of sp³-hybridized carbons (Fsp3) is 0.538. The molecule has 2 rings (SSSR count). The van der Waals surface area contributed by atoms with Crippen molar-refractivity contribution in [3.05, 3.63) is 35.9 Å². The van der Waals surface area contributed by atoms with E-state index in [1.807, 2.05) is 18.2 Å². The third-order valence-corrected chi connectivity index (χ3v) is 2.89. The van der Waals surface area contributed by atoms with Gasteiger partial charge in [0.1, 0.15) is 6.23 Å². The molecule has 0 aliphatic carbocycles. The molecule has 2 unspecified atom stereocenters. The van der Waals surface area contributed by atoms with E-state index in [-0.39, 0.29) is 18.9 Å². The highest BCUT2D eigenvalue weighted by atomic mass is 16.5. The summed E-state index contributed by atoms with van der Waals surface area (Å²) in [6.07, 6.45) is 1.07. The Balaban J connectivity index is 2.12. The zero-order valence-corrected chi connectivity index (χ0v) is 9.67. The number of aliphatic hydroxyl groups excluding tert-OH is 1. The first-order valence-electron chi connectivity index (χ1n) is 5.90. The van der Waals surface area contributed by atoms with Gasteiger partial charge in [-0.3, -0.25) is 4.90 Å². The summed E-state index contributed by atoms with van der Waals surface area (Å²) in [5.74, 6) is 0. The molecule has 1 aliphatic heterocycles. The summed E-state index contributed by atoms with van der Waals surface area (Å²) in [6.45, 7) is 4.10. The Morgan fingerprint density at radius 1 is 1.38 bits per heavy atom. The number of nitrogens with zero attached hydrogens (tertiary/aromatic N) is 1. The molecule has 0 saturated carbocycles. The van der Waals surface area contributed by atoms with E-state index < -0.39 is 0 Å². The van der Waals surface area contributed by atoms with Crippen molar-refractivity contribution < 1.29 is 9.84 Å². The molecule has 1 aromatic carbocycles. The van der Waals surface area contributed by atoms with Gasteiger partial charge in [0.15, 0.2) is 0 Å². The molecule has 3 nitrogen and oxygen atoms in total. The van der Waals surface area contributed by atoms with Crippen LogP contribution in [0.4, 0.5) is 0 Å². The molecule has 88 valence electrons. The van der Waals surface area contributed by atoms with Gasteiger partial charge in [0.25, 0.3) is 0 Å². The fourth-order valence-electron chi connectivity index (χ4n) is 2.17. The van der Waals surface area contributed by atoms with Crippen LogP contribution < -0.4 is 0 Å². The standard InChI is InChI=1S/C13H19NO2/c1-2-8-14-9-12(10-15)16-13(14)11-6-4-3-5-7-11/h3-7,12-13,15H,2,8-10H2,1H3. The highest BCUT2D eigenvalue weighted by Gasteiger charge is 2.32. The highest BCUT2D eigenvalue weighted by Crippen LogP contribution is 2.29. The Bertz CT molecular complexity index is 315. The van der Waals surface area contributed by atoms with Gasteiger partial charge in [-0.2, -0.15) is 0 Å². The highest BCUT2D eigenvalue weighted by molar-refractivity contribution is 5.18. The Morgan fingerprint density at radius 3 is 2.75 bits per heavy atom. The lowest BCUT2D eigenvalue weighted by atomic mass is 10.2. The molecule has 0 amide bonds. The van der Waals surface area contributed by atoms with E-state index in [0.717, 1.165) is 19.5 Å². The lowest BCUT2D eigenvalue weighted by Gasteiger charge is -2.22. The summed E-state index contributed by atoms with van der Waals surface area (Å²) < 4.78 is 5.84. The molecule has 1 heterocycles. The van der Waals surface area contributed by atoms with Gasteiger partial charge in [-0.25, -0.2) is 0 Å². The Labute approximate surface area is 96.6 Å². The zero-order valence-electron chi connectivity index (χ0n) is 9.67. The van der Waals surface area contributed by atoms with E-state index >= 15 is 0 Å². The first-order chi connectivity index (χ1) is 7.85. The van der Waals surface area contributed by atoms with Crippen LogP contribution in [0.1, 0.15) is 25.1 Å². The Morgan fingerprint density at radius 2 is 2.12 bits per heavy atom. The molecule has 2 atom stereocenters. The molecule has 1 fully saturated rings. The van der Waals surface area contributed by atoms with Crippen molar-refractivity contribution in [1.29, 1.82) is 0 Å². The molecule has 0 aromatic heterocycles. The SMILES string of the molecule is CCCN1CC(CO)OC1c1ccccc1. The second-order valence-electron chi connectivity index (χ2n) is 4.20. The Hall–Kier alpha value is -0.900. The van der Waals surface area contributed by atoms with Crippen LogP contribution in [0.2, 0.25) is 0 Å². The summed E-state index contributed by atoms with van der Waals surface area (Å²) >= 11 is 0. The molecule has 1 N–H and O–H groups in total. The monoisotopic (exact) mass is 221 g/mol. The van der Waals surface area contributed by atoms with Crippen molar-refractivity contribution in [2.45, 2.75) is 25.7 Å². The molecule has 1 saturated heterocycles. The van der Waals surface area contributed by atoms with Crippen LogP contribution in [0.3, 0.4) is 0 Å². The number of rotatable bonds is 4. The minimum atomic E-state index is -0.0447. The van der Waals surface area contributed by atoms with Crippen molar-refractivity contribution in [3.8, 4) is 0 Å². The van der Waals surface area contributed by atoms with Crippen molar-refractivity contribution >= 4 is 0 Å². The van der Waals surface area contributed by atoms with Gasteiger partial charge in [0.05, 0.1) is 12.7 Å². The van der Waals surface area contributed by atoms with Gasteiger partial charge in [-0.05, 0) is 12.0 Å². The summed E-state index contributed by atoms with van der Waals surface area (Å²) in [4.78, 5) is 2.29. The number of hydrogen-bond acceptors (Lipinski definition) is 3. The average molecular weight is 221 g/mol. The smallest absolute Gasteiger partial charge is 0.137 e. The molecule has 0 radical (unpaired) electrons. The van der Waals surface area contributed by atoms with Gasteiger partial charge in [-0.1, -0.05) is 37.3 Å². The lowest BCUT2D eigenvalue weighted by molar-refractivity contribution is -0.0195. The second-order valence-corrected chi connectivity index (χ2v) is 4.20. The van der Waals surface area contributed by atoms with Gasteiger partial charge in [-0.15, -0.1) is 0 Å². The van der Waals surface area contributed by atoms with Crippen LogP contribution in [0.15, 0.2) is 30.3 Å². The largest absolute Gasteiger partial charge is 0.394 e. The predicted molar refractivity (Wildman–Crippen MR) is 63.0 cm³/mol. The van der Waals surface area contributed by atoms with E-state index in [1.165, 1.54) is 5.56 Å². The topological polar surface area (TPSA) is 32.7 Å². The molecule has 0 spiro atoms. The van der Waals surface area contributed by atoms with Crippen molar-refractivity contribution in [2.75, 3.05) is 19.7 Å². The molecule has 1 aliphatic rings. The molecule has 0 bridgehead atoms. The molecular weight excluding hydrogens is 202 g/mol. The van der Waals surface area contributed by atoms with E-state index in [9.17, 15) is 0 Å². The number of ether oxygens (including phenoxy) is 1. The van der Waals surface area contributed by atoms with Crippen molar-refractivity contribution in [3.63, 3.8) is 0 Å². The summed E-state index contributed by atoms with van der Waals surface area (Å²) in [5, 5.41) is 9.17. The lowest BCUT2D eigenvalue weighted by Crippen LogP contribution is -2.26. The first kappa shape index (κ1) is 11.6. The molecule has 16 heavy (non-hydrogen) atoms. The molecular formula is C13H19NO2. The zero-order chi connectivity index (χ0) is 11.4. The van der Waals surface area contributed by atoms with E-state index in [4.69, 9.17) is 9.84 Å². The maximum Gasteiger partial charge on any atom is 0.137 e. The second kappa shape index (κ2) is 5.43. The summed E-state index contributed by atoms with van der Waals surface area (Å²) in [5.41, 5.74) is 1.17. The summed E-state index contributed by atoms with van der Waals surface area (Å²) in [7, 11) is 0. The van der Waals surface area contributed by atoms with Crippen LogP contribution in [-0.2, 0) is 4.74 Å². The quantitative estimate of drug-likeness (QED) is 0.841. The van der Waals surface area contributed by atoms with E-state index in [0.29, 0.717) is 0 Å². The van der Waals surface area contributed by atoms with Crippen LogP contribution in [0, 0.1) is 0 Å². The van der Waals surface area contributed by atoms with Crippen LogP contribution in [0.25, 0.3) is 0 Å². The third-order valence-electron chi connectivity index (χ3n) is 2.89. The number of hydrogen-bond donors (Lipinski definition) is 1. The van der Waals surface area contributed by atoms with E-state index in [1.54, 1.807) is 0 Å². The number of benzene rings is 1. The average Bonchev–Trinajstić information content (AvgIpc) is 2.74. The molecule has 1 aromatic rings. The Kier molecular flexibility index (Phi) is 3.93. The van der Waals surface area contributed by atoms with Crippen molar-refractivity contribution in [1.82, 2.24) is 4.90 Å². The van der Waals surface area contributed by atoms with Gasteiger partial charge in [0.2, 0.25) is 0 Å². The maximum atomic E-state index is 9.17. The van der Waals surface area contributed by atoms with Crippen molar-refractivity contribution in [2.24, 2.45) is 0 Å². The van der Waals surface area contributed by atoms with Crippen LogP contribution >= 0.6 is 0 Å². The normalized spacial score (nSPS) is 26.1. The molecule has 3 heteroatoms. The fourth-order valence-corrected chi connectivity index (χ4v) is 2.17. The minimum absolute atomic E-state index is 0.0123.